The topological polar surface area (TPSA) is 38.3 Å². The Bertz CT molecular complexity index is 428. The Balaban J connectivity index is 0.000000956. The maximum absolute atomic E-state index is 11.9. The van der Waals surface area contributed by atoms with E-state index in [-0.39, 0.29) is 5.91 Å². The first kappa shape index (κ1) is 17.2. The monoisotopic (exact) mass is 341 g/mol. The van der Waals surface area contributed by atoms with Gasteiger partial charge in [-0.25, -0.2) is 0 Å². The van der Waals surface area contributed by atoms with Crippen LogP contribution in [0.1, 0.15) is 38.7 Å². The van der Waals surface area contributed by atoms with Gasteiger partial charge in [-0.2, -0.15) is 0 Å². The predicted molar refractivity (Wildman–Crippen MR) is 87.0 cm³/mol. The van der Waals surface area contributed by atoms with Gasteiger partial charge in [-0.05, 0) is 43.4 Å². The number of halogens is 1. The van der Waals surface area contributed by atoms with E-state index in [1.165, 1.54) is 0 Å². The maximum atomic E-state index is 11.9. The summed E-state index contributed by atoms with van der Waals surface area (Å²) in [5.74, 6) is 0.560. The van der Waals surface area contributed by atoms with Crippen LogP contribution >= 0.6 is 15.9 Å². The Morgan fingerprint density at radius 2 is 2.00 bits per heavy atom. The lowest BCUT2D eigenvalue weighted by molar-refractivity contribution is -0.117. The fourth-order valence-corrected chi connectivity index (χ4v) is 2.47. The summed E-state index contributed by atoms with van der Waals surface area (Å²) in [4.78, 5) is 11.9. The van der Waals surface area contributed by atoms with E-state index in [9.17, 15) is 4.79 Å². The van der Waals surface area contributed by atoms with Crippen LogP contribution in [0.15, 0.2) is 22.7 Å². The molecule has 1 N–H and O–H groups in total. The number of rotatable bonds is 3. The van der Waals surface area contributed by atoms with Crippen LogP contribution < -0.4 is 5.32 Å². The molecule has 0 aliphatic carbocycles. The van der Waals surface area contributed by atoms with Crippen LogP contribution in [-0.2, 0) is 9.53 Å². The van der Waals surface area contributed by atoms with E-state index >= 15 is 0 Å². The summed E-state index contributed by atoms with van der Waals surface area (Å²) in [6.45, 7) is 7.60. The fraction of sp³-hybridized carbons (Fsp3) is 0.562. The molecule has 1 heterocycles. The summed E-state index contributed by atoms with van der Waals surface area (Å²) in [6, 6.07) is 5.87. The second-order valence-electron chi connectivity index (χ2n) is 4.77. The van der Waals surface area contributed by atoms with Crippen molar-refractivity contribution in [3.63, 3.8) is 0 Å². The molecule has 0 atom stereocenters. The maximum Gasteiger partial charge on any atom is 0.224 e. The number of carbonyl (C=O) groups excluding carboxylic acids is 1. The molecule has 1 saturated heterocycles. The van der Waals surface area contributed by atoms with Gasteiger partial charge in [-0.1, -0.05) is 35.8 Å². The molecule has 3 nitrogen and oxygen atoms in total. The number of hydrogen-bond donors (Lipinski definition) is 1. The highest BCUT2D eigenvalue weighted by Gasteiger charge is 2.17. The van der Waals surface area contributed by atoms with E-state index < -0.39 is 0 Å². The lowest BCUT2D eigenvalue weighted by Crippen LogP contribution is -2.22. The Hall–Kier alpha value is -0.870. The smallest absolute Gasteiger partial charge is 0.224 e. The predicted octanol–water partition coefficient (Wildman–Crippen LogP) is 4.54. The Kier molecular flexibility index (Phi) is 7.85. The summed E-state index contributed by atoms with van der Waals surface area (Å²) < 4.78 is 6.31. The van der Waals surface area contributed by atoms with Crippen LogP contribution in [-0.4, -0.2) is 19.1 Å². The summed E-state index contributed by atoms with van der Waals surface area (Å²) in [6.07, 6.45) is 2.57. The first-order chi connectivity index (χ1) is 9.65. The van der Waals surface area contributed by atoms with Gasteiger partial charge in [-0.15, -0.1) is 0 Å². The lowest BCUT2D eigenvalue weighted by Gasteiger charge is -2.21. The average Bonchev–Trinajstić information content (AvgIpc) is 2.46. The van der Waals surface area contributed by atoms with Crippen molar-refractivity contribution in [3.8, 4) is 0 Å². The molecule has 0 saturated carbocycles. The molecule has 0 bridgehead atoms. The third-order valence-electron chi connectivity index (χ3n) is 3.27. The second-order valence-corrected chi connectivity index (χ2v) is 5.63. The lowest BCUT2D eigenvalue weighted by atomic mass is 9.96. The molecule has 2 rings (SSSR count). The van der Waals surface area contributed by atoms with E-state index in [0.717, 1.165) is 41.8 Å². The fourth-order valence-electron chi connectivity index (χ4n) is 2.10. The van der Waals surface area contributed by atoms with Crippen molar-refractivity contribution in [1.29, 1.82) is 0 Å². The quantitative estimate of drug-likeness (QED) is 0.876. The third-order valence-corrected chi connectivity index (χ3v) is 4.12. The van der Waals surface area contributed by atoms with Gasteiger partial charge < -0.3 is 10.1 Å². The zero-order valence-electron chi connectivity index (χ0n) is 12.5. The first-order valence-corrected chi connectivity index (χ1v) is 8.08. The highest BCUT2D eigenvalue weighted by atomic mass is 79.9. The van der Waals surface area contributed by atoms with E-state index in [2.05, 4.69) is 21.2 Å². The molecule has 1 aromatic carbocycles. The molecule has 1 aliphatic rings. The van der Waals surface area contributed by atoms with Gasteiger partial charge in [0.05, 0.1) is 0 Å². The van der Waals surface area contributed by atoms with Gasteiger partial charge in [0.1, 0.15) is 0 Å². The minimum Gasteiger partial charge on any atom is -0.381 e. The molecule has 0 spiro atoms. The van der Waals surface area contributed by atoms with Crippen molar-refractivity contribution in [2.45, 2.75) is 40.0 Å². The minimum atomic E-state index is 0.0950. The van der Waals surface area contributed by atoms with Gasteiger partial charge in [0.15, 0.2) is 0 Å². The minimum absolute atomic E-state index is 0.0950. The van der Waals surface area contributed by atoms with Crippen molar-refractivity contribution in [2.75, 3.05) is 18.5 Å². The molecule has 1 aromatic rings. The SMILES string of the molecule is CC.Cc1ccc(NC(=O)CC2CCOCC2)cc1Br. The normalized spacial score (nSPS) is 15.2. The highest BCUT2D eigenvalue weighted by Crippen LogP contribution is 2.22. The van der Waals surface area contributed by atoms with E-state index in [1.54, 1.807) is 0 Å². The zero-order valence-corrected chi connectivity index (χ0v) is 14.1. The van der Waals surface area contributed by atoms with E-state index in [1.807, 2.05) is 39.0 Å². The van der Waals surface area contributed by atoms with Crippen LogP contribution in [0.5, 0.6) is 0 Å². The van der Waals surface area contributed by atoms with Crippen LogP contribution in [0.4, 0.5) is 5.69 Å². The number of ether oxygens (including phenoxy) is 1. The summed E-state index contributed by atoms with van der Waals surface area (Å²) in [5.41, 5.74) is 2.02. The summed E-state index contributed by atoms with van der Waals surface area (Å²) >= 11 is 3.47. The number of benzene rings is 1. The molecule has 1 amide bonds. The van der Waals surface area contributed by atoms with Gasteiger partial charge in [0.25, 0.3) is 0 Å². The molecule has 1 fully saturated rings. The molecule has 0 aromatic heterocycles. The van der Waals surface area contributed by atoms with Crippen molar-refractivity contribution in [2.24, 2.45) is 5.92 Å². The van der Waals surface area contributed by atoms with E-state index in [4.69, 9.17) is 4.74 Å². The highest BCUT2D eigenvalue weighted by molar-refractivity contribution is 9.10. The van der Waals surface area contributed by atoms with Crippen molar-refractivity contribution < 1.29 is 9.53 Å². The largest absolute Gasteiger partial charge is 0.381 e. The average molecular weight is 342 g/mol. The number of carbonyl (C=O) groups is 1. The number of amides is 1. The first-order valence-electron chi connectivity index (χ1n) is 7.29. The van der Waals surface area contributed by atoms with Crippen LogP contribution in [0.25, 0.3) is 0 Å². The standard InChI is InChI=1S/C14H18BrNO2.C2H6/c1-10-2-3-12(9-13(10)15)16-14(17)8-11-4-6-18-7-5-11;1-2/h2-3,9,11H,4-8H2,1H3,(H,16,17);1-2H3. The zero-order chi connectivity index (χ0) is 15.0. The molecular weight excluding hydrogens is 318 g/mol. The number of nitrogens with one attached hydrogen (secondary N) is 1. The summed E-state index contributed by atoms with van der Waals surface area (Å²) in [7, 11) is 0. The molecule has 0 radical (unpaired) electrons. The molecular formula is C16H24BrNO2. The van der Waals surface area contributed by atoms with Gasteiger partial charge in [0, 0.05) is 29.8 Å². The van der Waals surface area contributed by atoms with Gasteiger partial charge >= 0.3 is 0 Å². The second kappa shape index (κ2) is 9.14. The Morgan fingerprint density at radius 3 is 2.60 bits per heavy atom. The van der Waals surface area contributed by atoms with Gasteiger partial charge in [0.2, 0.25) is 5.91 Å². The third kappa shape index (κ3) is 5.63. The van der Waals surface area contributed by atoms with Crippen molar-refractivity contribution in [3.05, 3.63) is 28.2 Å². The van der Waals surface area contributed by atoms with Crippen LogP contribution in [0.2, 0.25) is 0 Å². The molecule has 4 heteroatoms. The van der Waals surface area contributed by atoms with Crippen molar-refractivity contribution >= 4 is 27.5 Å². The molecule has 20 heavy (non-hydrogen) atoms. The number of aryl methyl sites for hydroxylation is 1. The van der Waals surface area contributed by atoms with Crippen molar-refractivity contribution in [1.82, 2.24) is 0 Å². The van der Waals surface area contributed by atoms with Crippen LogP contribution in [0.3, 0.4) is 0 Å². The molecule has 112 valence electrons. The summed E-state index contributed by atoms with van der Waals surface area (Å²) in [5, 5.41) is 2.95. The Labute approximate surface area is 130 Å². The molecule has 1 aliphatic heterocycles. The number of anilines is 1. The van der Waals surface area contributed by atoms with Crippen LogP contribution in [0, 0.1) is 12.8 Å². The number of hydrogen-bond acceptors (Lipinski definition) is 2. The van der Waals surface area contributed by atoms with Gasteiger partial charge in [-0.3, -0.25) is 4.79 Å². The Morgan fingerprint density at radius 1 is 1.35 bits per heavy atom. The molecule has 0 unspecified atom stereocenters. The van der Waals surface area contributed by atoms with E-state index in [0.29, 0.717) is 12.3 Å².